The minimum atomic E-state index is -0.936. The largest absolute Gasteiger partial charge is 0.394 e. The molecule has 2 amide bonds. The zero-order valence-corrected chi connectivity index (χ0v) is 15.4. The van der Waals surface area contributed by atoms with Crippen molar-refractivity contribution in [3.05, 3.63) is 42.1 Å². The van der Waals surface area contributed by atoms with Gasteiger partial charge in [0.05, 0.1) is 6.61 Å². The molecule has 1 heterocycles. The number of hydrogen-bond acceptors (Lipinski definition) is 3. The first kappa shape index (κ1) is 19.2. The fraction of sp³-hybridized carbons (Fsp3) is 0.429. The summed E-state index contributed by atoms with van der Waals surface area (Å²) in [5.74, 6) is -0.247. The number of aliphatic hydroxyl groups is 1. The number of aliphatic hydroxyl groups excluding tert-OH is 1. The lowest BCUT2D eigenvalue weighted by molar-refractivity contribution is -0.128. The van der Waals surface area contributed by atoms with Gasteiger partial charge in [0.15, 0.2) is 0 Å². The first-order chi connectivity index (χ1) is 13.2. The molecule has 0 unspecified atom stereocenters. The summed E-state index contributed by atoms with van der Waals surface area (Å²) >= 11 is 0. The van der Waals surface area contributed by atoms with Crippen molar-refractivity contribution in [3.8, 4) is 0 Å². The summed E-state index contributed by atoms with van der Waals surface area (Å²) in [6.07, 6.45) is 10.8. The summed E-state index contributed by atoms with van der Waals surface area (Å²) < 4.78 is 0. The summed E-state index contributed by atoms with van der Waals surface area (Å²) in [5.41, 5.74) is 1.89. The highest BCUT2D eigenvalue weighted by molar-refractivity contribution is 5.98. The van der Waals surface area contributed by atoms with Crippen molar-refractivity contribution in [3.63, 3.8) is 0 Å². The highest BCUT2D eigenvalue weighted by Gasteiger charge is 2.21. The van der Waals surface area contributed by atoms with Gasteiger partial charge in [-0.25, -0.2) is 0 Å². The molecule has 6 heteroatoms. The lowest BCUT2D eigenvalue weighted by atomic mass is 9.89. The molecule has 1 aliphatic rings. The average molecular weight is 369 g/mol. The van der Waals surface area contributed by atoms with Gasteiger partial charge in [0.25, 0.3) is 0 Å². The van der Waals surface area contributed by atoms with Crippen molar-refractivity contribution in [1.29, 1.82) is 0 Å². The van der Waals surface area contributed by atoms with E-state index >= 15 is 0 Å². The third-order valence-electron chi connectivity index (χ3n) is 5.14. The number of para-hydroxylation sites is 1. The van der Waals surface area contributed by atoms with Gasteiger partial charge in [-0.3, -0.25) is 9.59 Å². The molecule has 1 atom stereocenters. The fourth-order valence-corrected chi connectivity index (χ4v) is 3.57. The molecular weight excluding hydrogens is 342 g/mol. The quantitative estimate of drug-likeness (QED) is 0.564. The van der Waals surface area contributed by atoms with Crippen LogP contribution in [0.1, 0.15) is 37.7 Å². The lowest BCUT2D eigenvalue weighted by Gasteiger charge is -2.23. The standard InChI is InChI=1S/C21H27N3O3/c25-14-19(21(27)23-12-15-6-2-1-3-7-15)24-20(26)11-10-16-13-22-18-9-5-4-8-17(16)18/h4-5,8-11,13,15,19,22,25H,1-3,6-7,12,14H2,(H,23,27)(H,24,26)/t19-/m0/s1. The van der Waals surface area contributed by atoms with E-state index in [0.717, 1.165) is 29.3 Å². The van der Waals surface area contributed by atoms with Crippen molar-refractivity contribution >= 4 is 28.8 Å². The number of rotatable bonds is 7. The Balaban J connectivity index is 1.52. The van der Waals surface area contributed by atoms with Crippen molar-refractivity contribution < 1.29 is 14.7 Å². The smallest absolute Gasteiger partial charge is 0.244 e. The molecule has 1 aromatic carbocycles. The number of aromatic amines is 1. The summed E-state index contributed by atoms with van der Waals surface area (Å²) in [7, 11) is 0. The Morgan fingerprint density at radius 3 is 2.78 bits per heavy atom. The summed E-state index contributed by atoms with van der Waals surface area (Å²) in [6, 6.07) is 6.88. The van der Waals surface area contributed by atoms with Crippen LogP contribution in [0, 0.1) is 5.92 Å². The number of amides is 2. The Hall–Kier alpha value is -2.60. The van der Waals surface area contributed by atoms with E-state index in [1.807, 2.05) is 30.5 Å². The fourth-order valence-electron chi connectivity index (χ4n) is 3.57. The Labute approximate surface area is 159 Å². The second kappa shape index (κ2) is 9.37. The van der Waals surface area contributed by atoms with Gasteiger partial charge < -0.3 is 20.7 Å². The maximum Gasteiger partial charge on any atom is 0.244 e. The Morgan fingerprint density at radius 2 is 2.00 bits per heavy atom. The first-order valence-electron chi connectivity index (χ1n) is 9.60. The van der Waals surface area contributed by atoms with Crippen LogP contribution in [0.5, 0.6) is 0 Å². The van der Waals surface area contributed by atoms with Crippen LogP contribution in [0.4, 0.5) is 0 Å². The number of hydrogen-bond donors (Lipinski definition) is 4. The Bertz CT molecular complexity index is 806. The second-order valence-electron chi connectivity index (χ2n) is 7.12. The lowest BCUT2D eigenvalue weighted by Crippen LogP contribution is -2.49. The zero-order valence-electron chi connectivity index (χ0n) is 15.4. The molecule has 0 aliphatic heterocycles. The summed E-state index contributed by atoms with van der Waals surface area (Å²) in [5, 5.41) is 15.9. The molecule has 6 nitrogen and oxygen atoms in total. The molecule has 2 aromatic rings. The molecular formula is C21H27N3O3. The number of aromatic nitrogens is 1. The normalized spacial score (nSPS) is 16.5. The highest BCUT2D eigenvalue weighted by Crippen LogP contribution is 2.22. The van der Waals surface area contributed by atoms with E-state index in [2.05, 4.69) is 15.6 Å². The Kier molecular flexibility index (Phi) is 6.65. The monoisotopic (exact) mass is 369 g/mol. The van der Waals surface area contributed by atoms with Crippen molar-refractivity contribution in [1.82, 2.24) is 15.6 Å². The van der Waals surface area contributed by atoms with Gasteiger partial charge in [-0.15, -0.1) is 0 Å². The topological polar surface area (TPSA) is 94.2 Å². The molecule has 0 spiro atoms. The predicted octanol–water partition coefficient (Wildman–Crippen LogP) is 2.35. The van der Waals surface area contributed by atoms with Gasteiger partial charge in [0, 0.05) is 29.7 Å². The van der Waals surface area contributed by atoms with Crippen LogP contribution >= 0.6 is 0 Å². The summed E-state index contributed by atoms with van der Waals surface area (Å²) in [4.78, 5) is 27.5. The predicted molar refractivity (Wildman–Crippen MR) is 106 cm³/mol. The van der Waals surface area contributed by atoms with Crippen LogP contribution in [0.2, 0.25) is 0 Å². The van der Waals surface area contributed by atoms with Gasteiger partial charge in [0.2, 0.25) is 11.8 Å². The van der Waals surface area contributed by atoms with E-state index in [9.17, 15) is 14.7 Å². The summed E-state index contributed by atoms with van der Waals surface area (Å²) in [6.45, 7) is 0.180. The molecule has 1 saturated carbocycles. The maximum atomic E-state index is 12.2. The molecule has 1 aromatic heterocycles. The van der Waals surface area contributed by atoms with E-state index in [0.29, 0.717) is 12.5 Å². The molecule has 4 N–H and O–H groups in total. The number of carbonyl (C=O) groups is 2. The van der Waals surface area contributed by atoms with Gasteiger partial charge in [-0.2, -0.15) is 0 Å². The number of benzene rings is 1. The van der Waals surface area contributed by atoms with Crippen LogP contribution in [-0.2, 0) is 9.59 Å². The first-order valence-corrected chi connectivity index (χ1v) is 9.60. The molecule has 27 heavy (non-hydrogen) atoms. The van der Waals surface area contributed by atoms with Gasteiger partial charge in [-0.05, 0) is 36.5 Å². The number of fused-ring (bicyclic) bond motifs is 1. The SMILES string of the molecule is O=C(C=Cc1c[nH]c2ccccc12)N[C@@H](CO)C(=O)NCC1CCCCC1. The van der Waals surface area contributed by atoms with Crippen molar-refractivity contribution in [2.45, 2.75) is 38.1 Å². The number of nitrogens with one attached hydrogen (secondary N) is 3. The minimum Gasteiger partial charge on any atom is -0.394 e. The average Bonchev–Trinajstić information content (AvgIpc) is 3.12. The van der Waals surface area contributed by atoms with E-state index in [1.165, 1.54) is 25.3 Å². The van der Waals surface area contributed by atoms with Gasteiger partial charge >= 0.3 is 0 Å². The molecule has 0 bridgehead atoms. The van der Waals surface area contributed by atoms with Crippen LogP contribution in [0.25, 0.3) is 17.0 Å². The van der Waals surface area contributed by atoms with E-state index in [4.69, 9.17) is 0 Å². The third kappa shape index (κ3) is 5.20. The van der Waals surface area contributed by atoms with Crippen molar-refractivity contribution in [2.24, 2.45) is 5.92 Å². The third-order valence-corrected chi connectivity index (χ3v) is 5.14. The van der Waals surface area contributed by atoms with E-state index < -0.39 is 18.6 Å². The zero-order chi connectivity index (χ0) is 19.1. The molecule has 1 fully saturated rings. The number of H-pyrrole nitrogens is 1. The molecule has 144 valence electrons. The van der Waals surface area contributed by atoms with Crippen LogP contribution in [0.15, 0.2) is 36.5 Å². The van der Waals surface area contributed by atoms with Crippen LogP contribution in [0.3, 0.4) is 0 Å². The molecule has 1 aliphatic carbocycles. The minimum absolute atomic E-state index is 0.336. The van der Waals surface area contributed by atoms with Crippen LogP contribution in [-0.4, -0.2) is 41.1 Å². The van der Waals surface area contributed by atoms with Gasteiger partial charge in [0.1, 0.15) is 6.04 Å². The van der Waals surface area contributed by atoms with Crippen LogP contribution < -0.4 is 10.6 Å². The molecule has 0 radical (unpaired) electrons. The molecule has 3 rings (SSSR count). The van der Waals surface area contributed by atoms with E-state index in [-0.39, 0.29) is 5.91 Å². The number of carbonyl (C=O) groups excluding carboxylic acids is 2. The van der Waals surface area contributed by atoms with Gasteiger partial charge in [-0.1, -0.05) is 37.5 Å². The van der Waals surface area contributed by atoms with E-state index in [1.54, 1.807) is 6.08 Å². The molecule has 0 saturated heterocycles. The van der Waals surface area contributed by atoms with Crippen molar-refractivity contribution in [2.75, 3.05) is 13.2 Å². The maximum absolute atomic E-state index is 12.2. The second-order valence-corrected chi connectivity index (χ2v) is 7.12. The Morgan fingerprint density at radius 1 is 1.22 bits per heavy atom. The highest BCUT2D eigenvalue weighted by atomic mass is 16.3.